The maximum atomic E-state index is 12.3. The fourth-order valence-corrected chi connectivity index (χ4v) is 3.61. The van der Waals surface area contributed by atoms with Crippen molar-refractivity contribution in [3.63, 3.8) is 0 Å². The minimum atomic E-state index is -0.507. The van der Waals surface area contributed by atoms with Crippen LogP contribution in [0.3, 0.4) is 0 Å². The van der Waals surface area contributed by atoms with Crippen LogP contribution in [0.2, 0.25) is 0 Å². The molecule has 1 fully saturated rings. The third kappa shape index (κ3) is 5.85. The first kappa shape index (κ1) is 22.5. The van der Waals surface area contributed by atoms with E-state index in [9.17, 15) is 9.59 Å². The number of halogens is 1. The van der Waals surface area contributed by atoms with Crippen molar-refractivity contribution in [3.8, 4) is 0 Å². The number of likely N-dealkylation sites (N-methyl/N-ethyl adjacent to an activating group) is 1. The van der Waals surface area contributed by atoms with Crippen LogP contribution in [0.4, 0.5) is 10.5 Å². The van der Waals surface area contributed by atoms with Crippen molar-refractivity contribution in [2.24, 2.45) is 0 Å². The van der Waals surface area contributed by atoms with Gasteiger partial charge in [0.05, 0.1) is 12.2 Å². The quantitative estimate of drug-likeness (QED) is 0.538. The van der Waals surface area contributed by atoms with Crippen LogP contribution in [-0.4, -0.2) is 60.2 Å². The molecule has 1 aliphatic heterocycles. The molecular weight excluding hydrogens is 426 g/mol. The highest BCUT2D eigenvalue weighted by Crippen LogP contribution is 2.27. The zero-order valence-electron chi connectivity index (χ0n) is 17.3. The van der Waals surface area contributed by atoms with Crippen LogP contribution in [-0.2, 0) is 16.0 Å². The van der Waals surface area contributed by atoms with Gasteiger partial charge in [0.25, 0.3) is 0 Å². The van der Waals surface area contributed by atoms with Gasteiger partial charge in [-0.25, -0.2) is 9.59 Å². The molecule has 1 atom stereocenters. The van der Waals surface area contributed by atoms with E-state index in [1.165, 1.54) is 0 Å². The predicted octanol–water partition coefficient (Wildman–Crippen LogP) is 3.65. The minimum absolute atomic E-state index is 0.102. The summed E-state index contributed by atoms with van der Waals surface area (Å²) in [5.41, 5.74) is 7.31. The lowest BCUT2D eigenvalue weighted by atomic mass is 10.1. The van der Waals surface area contributed by atoms with Gasteiger partial charge in [-0.1, -0.05) is 15.9 Å². The molecule has 1 heterocycles. The van der Waals surface area contributed by atoms with Gasteiger partial charge in [-0.15, -0.1) is 0 Å². The van der Waals surface area contributed by atoms with Crippen LogP contribution in [0.25, 0.3) is 0 Å². The number of likely N-dealkylation sites (tertiary alicyclic amines) is 1. The van der Waals surface area contributed by atoms with E-state index >= 15 is 0 Å². The van der Waals surface area contributed by atoms with Gasteiger partial charge in [0.15, 0.2) is 0 Å². The zero-order chi connectivity index (χ0) is 21.1. The molecule has 0 aliphatic carbocycles. The number of nitrogens with zero attached hydrogens (tertiary/aromatic N) is 2. The van der Waals surface area contributed by atoms with Crippen molar-refractivity contribution in [1.29, 1.82) is 0 Å². The SMILES string of the molecule is CCOC(=O)c1cc(Br)c(CN2CC[C@@H](N(C)C(=O)OC(C)(C)C)C2)cc1N. The standard InChI is InChI=1S/C20H30BrN3O4/c1-6-27-18(25)15-10-16(21)13(9-17(15)22)11-24-8-7-14(12-24)23(5)19(26)28-20(2,3)4/h9-10,14H,6-8,11-12,22H2,1-5H3/t14-/m1/s1. The van der Waals surface area contributed by atoms with Gasteiger partial charge >= 0.3 is 12.1 Å². The van der Waals surface area contributed by atoms with Crippen LogP contribution in [0.1, 0.15) is 50.0 Å². The van der Waals surface area contributed by atoms with Crippen LogP contribution in [0, 0.1) is 0 Å². The molecule has 2 rings (SSSR count). The maximum Gasteiger partial charge on any atom is 0.410 e. The molecule has 156 valence electrons. The highest BCUT2D eigenvalue weighted by atomic mass is 79.9. The molecule has 1 aromatic rings. The fraction of sp³-hybridized carbons (Fsp3) is 0.600. The topological polar surface area (TPSA) is 85.1 Å². The molecule has 28 heavy (non-hydrogen) atoms. The Morgan fingerprint density at radius 3 is 2.64 bits per heavy atom. The Morgan fingerprint density at radius 1 is 1.36 bits per heavy atom. The summed E-state index contributed by atoms with van der Waals surface area (Å²) >= 11 is 3.53. The van der Waals surface area contributed by atoms with Gasteiger partial charge in [0.2, 0.25) is 0 Å². The summed E-state index contributed by atoms with van der Waals surface area (Å²) < 4.78 is 11.3. The van der Waals surface area contributed by atoms with E-state index in [1.54, 1.807) is 31.0 Å². The number of carbonyl (C=O) groups is 2. The van der Waals surface area contributed by atoms with Crippen LogP contribution in [0.5, 0.6) is 0 Å². The highest BCUT2D eigenvalue weighted by molar-refractivity contribution is 9.10. The van der Waals surface area contributed by atoms with Crippen LogP contribution >= 0.6 is 15.9 Å². The van der Waals surface area contributed by atoms with Gasteiger partial charge in [-0.2, -0.15) is 0 Å². The van der Waals surface area contributed by atoms with E-state index in [0.29, 0.717) is 24.4 Å². The number of anilines is 1. The average Bonchev–Trinajstić information content (AvgIpc) is 3.04. The van der Waals surface area contributed by atoms with Gasteiger partial charge in [0, 0.05) is 42.9 Å². The van der Waals surface area contributed by atoms with E-state index in [4.69, 9.17) is 15.2 Å². The van der Waals surface area contributed by atoms with E-state index < -0.39 is 11.6 Å². The van der Waals surface area contributed by atoms with E-state index in [1.807, 2.05) is 20.8 Å². The number of benzene rings is 1. The number of esters is 1. The third-order valence-electron chi connectivity index (χ3n) is 4.58. The molecule has 0 spiro atoms. The largest absolute Gasteiger partial charge is 0.462 e. The van der Waals surface area contributed by atoms with Crippen molar-refractivity contribution in [2.45, 2.75) is 52.3 Å². The molecule has 7 nitrogen and oxygen atoms in total. The second-order valence-corrected chi connectivity index (χ2v) is 8.87. The summed E-state index contributed by atoms with van der Waals surface area (Å²) in [4.78, 5) is 28.2. The maximum absolute atomic E-state index is 12.3. The summed E-state index contributed by atoms with van der Waals surface area (Å²) in [6.45, 7) is 9.94. The van der Waals surface area contributed by atoms with Gasteiger partial charge in [-0.3, -0.25) is 4.90 Å². The van der Waals surface area contributed by atoms with Crippen LogP contribution < -0.4 is 5.73 Å². The summed E-state index contributed by atoms with van der Waals surface area (Å²) in [6, 6.07) is 3.62. The molecule has 8 heteroatoms. The van der Waals surface area contributed by atoms with E-state index in [2.05, 4.69) is 20.8 Å². The number of ether oxygens (including phenoxy) is 2. The second kappa shape index (κ2) is 9.13. The van der Waals surface area contributed by atoms with Crippen LogP contribution in [0.15, 0.2) is 16.6 Å². The lowest BCUT2D eigenvalue weighted by Crippen LogP contribution is -2.42. The molecule has 1 aliphatic rings. The molecule has 0 saturated carbocycles. The molecule has 1 aromatic carbocycles. The van der Waals surface area contributed by atoms with E-state index in [0.717, 1.165) is 29.5 Å². The van der Waals surface area contributed by atoms with Crippen molar-refractivity contribution in [3.05, 3.63) is 27.7 Å². The summed E-state index contributed by atoms with van der Waals surface area (Å²) in [5, 5.41) is 0. The first-order valence-electron chi connectivity index (χ1n) is 9.45. The molecular formula is C20H30BrN3O4. The number of carbonyl (C=O) groups excluding carboxylic acids is 2. The van der Waals surface area contributed by atoms with E-state index in [-0.39, 0.29) is 12.1 Å². The van der Waals surface area contributed by atoms with Crippen molar-refractivity contribution < 1.29 is 19.1 Å². The molecule has 2 N–H and O–H groups in total. The number of nitrogens with two attached hydrogens (primary N) is 1. The number of rotatable bonds is 5. The Bertz CT molecular complexity index is 733. The smallest absolute Gasteiger partial charge is 0.410 e. The molecule has 0 radical (unpaired) electrons. The monoisotopic (exact) mass is 455 g/mol. The number of hydrogen-bond donors (Lipinski definition) is 1. The fourth-order valence-electron chi connectivity index (χ4n) is 3.14. The molecule has 1 saturated heterocycles. The Hall–Kier alpha value is -1.80. The number of nitrogen functional groups attached to an aromatic ring is 1. The Balaban J connectivity index is 2.01. The van der Waals surface area contributed by atoms with Gasteiger partial charge in [-0.05, 0) is 51.8 Å². The molecule has 0 unspecified atom stereocenters. The first-order chi connectivity index (χ1) is 13.0. The summed E-state index contributed by atoms with van der Waals surface area (Å²) in [6.07, 6.45) is 0.576. The van der Waals surface area contributed by atoms with Gasteiger partial charge < -0.3 is 20.1 Å². The average molecular weight is 456 g/mol. The van der Waals surface area contributed by atoms with Crippen molar-refractivity contribution in [2.75, 3.05) is 32.5 Å². The Labute approximate surface area is 175 Å². The summed E-state index contributed by atoms with van der Waals surface area (Å²) in [7, 11) is 1.78. The third-order valence-corrected chi connectivity index (χ3v) is 5.32. The lowest BCUT2D eigenvalue weighted by Gasteiger charge is -2.28. The van der Waals surface area contributed by atoms with Gasteiger partial charge in [0.1, 0.15) is 5.60 Å². The Kier molecular flexibility index (Phi) is 7.33. The lowest BCUT2D eigenvalue weighted by molar-refractivity contribution is 0.0228. The van der Waals surface area contributed by atoms with Crippen molar-refractivity contribution in [1.82, 2.24) is 9.80 Å². The van der Waals surface area contributed by atoms with Crippen molar-refractivity contribution >= 4 is 33.7 Å². The Morgan fingerprint density at radius 2 is 2.04 bits per heavy atom. The second-order valence-electron chi connectivity index (χ2n) is 8.02. The zero-order valence-corrected chi connectivity index (χ0v) is 18.8. The molecule has 0 bridgehead atoms. The number of hydrogen-bond acceptors (Lipinski definition) is 6. The molecule has 0 aromatic heterocycles. The first-order valence-corrected chi connectivity index (χ1v) is 10.2. The molecule has 1 amide bonds. The number of amides is 1. The minimum Gasteiger partial charge on any atom is -0.462 e. The highest BCUT2D eigenvalue weighted by Gasteiger charge is 2.31. The normalized spacial score (nSPS) is 17.4. The summed E-state index contributed by atoms with van der Waals surface area (Å²) in [5.74, 6) is -0.424. The predicted molar refractivity (Wildman–Crippen MR) is 112 cm³/mol.